The molecule has 0 radical (unpaired) electrons. The van der Waals surface area contributed by atoms with Crippen LogP contribution in [0.4, 0.5) is 5.69 Å². The third kappa shape index (κ3) is 2.13. The van der Waals surface area contributed by atoms with Crippen molar-refractivity contribution in [2.24, 2.45) is 25.9 Å². The summed E-state index contributed by atoms with van der Waals surface area (Å²) in [5.74, 6) is 2.11. The summed E-state index contributed by atoms with van der Waals surface area (Å²) in [5.41, 5.74) is 1.85. The summed E-state index contributed by atoms with van der Waals surface area (Å²) < 4.78 is 3.45. The van der Waals surface area contributed by atoms with E-state index in [1.165, 1.54) is 12.8 Å². The van der Waals surface area contributed by atoms with E-state index in [0.29, 0.717) is 5.92 Å². The Morgan fingerprint density at radius 1 is 1.24 bits per heavy atom. The van der Waals surface area contributed by atoms with Gasteiger partial charge in [0.15, 0.2) is 11.5 Å². The molecule has 2 fully saturated rings. The molecule has 1 saturated heterocycles. The van der Waals surface area contributed by atoms with Crippen LogP contribution in [-0.4, -0.2) is 36.1 Å². The third-order valence-corrected chi connectivity index (χ3v) is 5.77. The van der Waals surface area contributed by atoms with E-state index >= 15 is 0 Å². The second-order valence-electron chi connectivity index (χ2n) is 7.21. The van der Waals surface area contributed by atoms with Crippen molar-refractivity contribution in [1.82, 2.24) is 29.5 Å². The minimum atomic E-state index is -0.155. The Morgan fingerprint density at radius 2 is 2.08 bits per heavy atom. The van der Waals surface area contributed by atoms with Crippen LogP contribution in [-0.2, 0) is 14.1 Å². The number of aromatic nitrogens is 6. The number of pyridine rings is 1. The van der Waals surface area contributed by atoms with E-state index in [-0.39, 0.29) is 11.7 Å². The average Bonchev–Trinajstić information content (AvgIpc) is 3.14. The summed E-state index contributed by atoms with van der Waals surface area (Å²) >= 11 is 0. The molecule has 3 aromatic heterocycles. The van der Waals surface area contributed by atoms with Crippen molar-refractivity contribution in [3.05, 3.63) is 34.8 Å². The Labute approximate surface area is 144 Å². The number of anilines is 1. The molecule has 2 unspecified atom stereocenters. The zero-order chi connectivity index (χ0) is 17.1. The molecule has 2 aliphatic rings. The molecule has 1 saturated carbocycles. The van der Waals surface area contributed by atoms with Crippen LogP contribution < -0.4 is 10.6 Å². The second-order valence-corrected chi connectivity index (χ2v) is 7.21. The summed E-state index contributed by atoms with van der Waals surface area (Å²) in [5, 5.41) is 12.4. The van der Waals surface area contributed by atoms with E-state index < -0.39 is 0 Å². The SMILES string of the molecule is Cn1c(C2C(C3CC3)CCN2c2ccnc3c2cnn3C)n[nH]c1=O. The van der Waals surface area contributed by atoms with Gasteiger partial charge in [-0.25, -0.2) is 14.9 Å². The van der Waals surface area contributed by atoms with Gasteiger partial charge in [0, 0.05) is 26.8 Å². The van der Waals surface area contributed by atoms with Crippen LogP contribution in [0, 0.1) is 11.8 Å². The highest BCUT2D eigenvalue weighted by Crippen LogP contribution is 2.51. The molecule has 8 heteroatoms. The quantitative estimate of drug-likeness (QED) is 0.779. The minimum absolute atomic E-state index is 0.113. The molecule has 25 heavy (non-hydrogen) atoms. The van der Waals surface area contributed by atoms with E-state index in [2.05, 4.69) is 31.2 Å². The molecule has 130 valence electrons. The van der Waals surface area contributed by atoms with Gasteiger partial charge in [-0.2, -0.15) is 10.2 Å². The molecule has 8 nitrogen and oxygen atoms in total. The van der Waals surface area contributed by atoms with Crippen LogP contribution in [0.3, 0.4) is 0 Å². The first-order valence-electron chi connectivity index (χ1n) is 8.80. The standard InChI is InChI=1S/C17H21N7O/c1-22-16(20-21-17(22)25)14-11(10-3-4-10)6-8-24(14)13-5-7-18-15-12(13)9-19-23(15)2/h5,7,9-11,14H,3-4,6,8H2,1-2H3,(H,21,25). The van der Waals surface area contributed by atoms with Crippen LogP contribution >= 0.6 is 0 Å². The van der Waals surface area contributed by atoms with E-state index in [1.807, 2.05) is 19.4 Å². The van der Waals surface area contributed by atoms with Crippen LogP contribution in [0.1, 0.15) is 31.1 Å². The maximum Gasteiger partial charge on any atom is 0.343 e. The molecule has 0 bridgehead atoms. The van der Waals surface area contributed by atoms with Crippen LogP contribution in [0.5, 0.6) is 0 Å². The second kappa shape index (κ2) is 5.18. The first-order chi connectivity index (χ1) is 12.1. The molecule has 5 rings (SSSR count). The molecule has 1 N–H and O–H groups in total. The largest absolute Gasteiger partial charge is 0.360 e. The Morgan fingerprint density at radius 3 is 2.80 bits per heavy atom. The number of aryl methyl sites for hydroxylation is 1. The van der Waals surface area contributed by atoms with Crippen LogP contribution in [0.15, 0.2) is 23.3 Å². The molecular formula is C17H21N7O. The van der Waals surface area contributed by atoms with Gasteiger partial charge in [-0.1, -0.05) is 0 Å². The minimum Gasteiger partial charge on any atom is -0.360 e. The van der Waals surface area contributed by atoms with Crippen molar-refractivity contribution in [2.75, 3.05) is 11.4 Å². The lowest BCUT2D eigenvalue weighted by Gasteiger charge is -2.29. The molecule has 2 atom stereocenters. The van der Waals surface area contributed by atoms with Gasteiger partial charge in [0.05, 0.1) is 23.3 Å². The van der Waals surface area contributed by atoms with Crippen LogP contribution in [0.2, 0.25) is 0 Å². The summed E-state index contributed by atoms with van der Waals surface area (Å²) in [7, 11) is 3.71. The Balaban J connectivity index is 1.66. The van der Waals surface area contributed by atoms with Gasteiger partial charge in [-0.05, 0) is 37.2 Å². The fourth-order valence-corrected chi connectivity index (χ4v) is 4.34. The van der Waals surface area contributed by atoms with Gasteiger partial charge < -0.3 is 4.90 Å². The lowest BCUT2D eigenvalue weighted by Crippen LogP contribution is -2.30. The highest BCUT2D eigenvalue weighted by atomic mass is 16.1. The fourth-order valence-electron chi connectivity index (χ4n) is 4.34. The topological polar surface area (TPSA) is 84.6 Å². The number of rotatable bonds is 3. The fraction of sp³-hybridized carbons (Fsp3) is 0.529. The molecule has 1 aliphatic carbocycles. The van der Waals surface area contributed by atoms with Gasteiger partial charge in [0.1, 0.15) is 0 Å². The van der Waals surface area contributed by atoms with Crippen molar-refractivity contribution < 1.29 is 0 Å². The van der Waals surface area contributed by atoms with Gasteiger partial charge in [-0.3, -0.25) is 9.25 Å². The lowest BCUT2D eigenvalue weighted by atomic mass is 9.94. The smallest absolute Gasteiger partial charge is 0.343 e. The molecule has 0 aromatic carbocycles. The Bertz CT molecular complexity index is 996. The number of nitrogens with zero attached hydrogens (tertiary/aromatic N) is 6. The van der Waals surface area contributed by atoms with Gasteiger partial charge >= 0.3 is 5.69 Å². The maximum atomic E-state index is 12.0. The van der Waals surface area contributed by atoms with Crippen molar-refractivity contribution in [2.45, 2.75) is 25.3 Å². The highest BCUT2D eigenvalue weighted by Gasteiger charge is 2.46. The zero-order valence-electron chi connectivity index (χ0n) is 14.4. The van der Waals surface area contributed by atoms with Gasteiger partial charge in [0.2, 0.25) is 0 Å². The number of hydrogen-bond acceptors (Lipinski definition) is 5. The predicted molar refractivity (Wildman–Crippen MR) is 93.3 cm³/mol. The third-order valence-electron chi connectivity index (χ3n) is 5.77. The van der Waals surface area contributed by atoms with E-state index in [4.69, 9.17) is 0 Å². The van der Waals surface area contributed by atoms with E-state index in [1.54, 1.807) is 16.3 Å². The summed E-state index contributed by atoms with van der Waals surface area (Å²) in [6.45, 7) is 0.959. The summed E-state index contributed by atoms with van der Waals surface area (Å²) in [4.78, 5) is 18.8. The highest BCUT2D eigenvalue weighted by molar-refractivity contribution is 5.89. The molecule has 1 aliphatic heterocycles. The van der Waals surface area contributed by atoms with Gasteiger partial charge in [0.25, 0.3) is 0 Å². The monoisotopic (exact) mass is 339 g/mol. The first-order valence-corrected chi connectivity index (χ1v) is 8.80. The molecule has 3 aromatic rings. The number of nitrogens with one attached hydrogen (secondary N) is 1. The Kier molecular flexibility index (Phi) is 3.04. The van der Waals surface area contributed by atoms with Crippen LogP contribution in [0.25, 0.3) is 11.0 Å². The normalized spacial score (nSPS) is 23.7. The zero-order valence-corrected chi connectivity index (χ0v) is 14.4. The van der Waals surface area contributed by atoms with Gasteiger partial charge in [-0.15, -0.1) is 0 Å². The molecule has 0 amide bonds. The molecular weight excluding hydrogens is 318 g/mol. The van der Waals surface area contributed by atoms with Crippen molar-refractivity contribution in [1.29, 1.82) is 0 Å². The van der Waals surface area contributed by atoms with Crippen molar-refractivity contribution in [3.63, 3.8) is 0 Å². The number of aromatic amines is 1. The number of fused-ring (bicyclic) bond motifs is 1. The number of hydrogen-bond donors (Lipinski definition) is 1. The number of H-pyrrole nitrogens is 1. The lowest BCUT2D eigenvalue weighted by molar-refractivity contribution is 0.406. The summed E-state index contributed by atoms with van der Waals surface area (Å²) in [6.07, 6.45) is 7.41. The van der Waals surface area contributed by atoms with E-state index in [0.717, 1.165) is 41.4 Å². The predicted octanol–water partition coefficient (Wildman–Crippen LogP) is 1.37. The molecule has 4 heterocycles. The maximum absolute atomic E-state index is 12.0. The average molecular weight is 339 g/mol. The molecule has 0 spiro atoms. The van der Waals surface area contributed by atoms with Crippen molar-refractivity contribution >= 4 is 16.7 Å². The first kappa shape index (κ1) is 14.7. The van der Waals surface area contributed by atoms with Crippen molar-refractivity contribution in [3.8, 4) is 0 Å². The summed E-state index contributed by atoms with van der Waals surface area (Å²) in [6, 6.07) is 2.17. The van der Waals surface area contributed by atoms with E-state index in [9.17, 15) is 4.79 Å². The Hall–Kier alpha value is -2.64.